The molecule has 0 heterocycles. The highest BCUT2D eigenvalue weighted by Gasteiger charge is 2.10. The third-order valence-electron chi connectivity index (χ3n) is 2.46. The van der Waals surface area contributed by atoms with E-state index in [0.29, 0.717) is 11.6 Å². The van der Waals surface area contributed by atoms with Crippen LogP contribution in [0.15, 0.2) is 24.3 Å². The number of rotatable bonds is 7. The van der Waals surface area contributed by atoms with Gasteiger partial charge in [-0.1, -0.05) is 29.8 Å². The van der Waals surface area contributed by atoms with Gasteiger partial charge in [-0.05, 0) is 11.6 Å². The molecule has 1 aromatic rings. The van der Waals surface area contributed by atoms with Crippen LogP contribution in [0.25, 0.3) is 0 Å². The lowest BCUT2D eigenvalue weighted by Crippen LogP contribution is -2.38. The predicted molar refractivity (Wildman–Crippen MR) is 74.8 cm³/mol. The average Bonchev–Trinajstić information content (AvgIpc) is 2.40. The number of hydrogen-bond acceptors (Lipinski definition) is 3. The first-order valence-corrected chi connectivity index (χ1v) is 6.40. The summed E-state index contributed by atoms with van der Waals surface area (Å²) in [7, 11) is 1.65. The van der Waals surface area contributed by atoms with Crippen molar-refractivity contribution in [3.05, 3.63) is 34.9 Å². The van der Waals surface area contributed by atoms with E-state index in [1.807, 2.05) is 18.2 Å². The molecule has 0 aliphatic carbocycles. The summed E-state index contributed by atoms with van der Waals surface area (Å²) < 4.78 is 4.81. The van der Waals surface area contributed by atoms with E-state index in [1.54, 1.807) is 13.1 Å². The molecule has 6 nitrogen and oxygen atoms in total. The molecule has 0 saturated heterocycles. The Balaban J connectivity index is 2.29. The first kappa shape index (κ1) is 16.3. The number of ether oxygens (including phenoxy) is 1. The van der Waals surface area contributed by atoms with Crippen LogP contribution in [0.3, 0.4) is 0 Å². The zero-order valence-corrected chi connectivity index (χ0v) is 11.9. The first-order valence-electron chi connectivity index (χ1n) is 6.02. The Bertz CT molecular complexity index is 467. The standard InChI is InChI=1S/C13H17ClN2O4/c1-16(8-10-4-2-3-5-11(10)14)13(19)15-6-7-20-9-12(17)18/h2-5H,6-9H2,1H3,(H,15,19)(H,17,18). The van der Waals surface area contributed by atoms with E-state index in [0.717, 1.165) is 5.56 Å². The molecule has 0 aliphatic rings. The maximum atomic E-state index is 11.8. The van der Waals surface area contributed by atoms with Gasteiger partial charge in [0.05, 0.1) is 6.61 Å². The highest BCUT2D eigenvalue weighted by Crippen LogP contribution is 2.16. The molecule has 20 heavy (non-hydrogen) atoms. The molecular formula is C13H17ClN2O4. The Labute approximate surface area is 122 Å². The van der Waals surface area contributed by atoms with Crippen LogP contribution in [-0.4, -0.2) is 48.8 Å². The van der Waals surface area contributed by atoms with Gasteiger partial charge in [0.25, 0.3) is 0 Å². The number of halogens is 1. The van der Waals surface area contributed by atoms with Crippen molar-refractivity contribution < 1.29 is 19.4 Å². The molecule has 0 aromatic heterocycles. The van der Waals surface area contributed by atoms with E-state index in [9.17, 15) is 9.59 Å². The Hall–Kier alpha value is -1.79. The lowest BCUT2D eigenvalue weighted by Gasteiger charge is -2.18. The van der Waals surface area contributed by atoms with E-state index < -0.39 is 5.97 Å². The minimum absolute atomic E-state index is 0.151. The maximum absolute atomic E-state index is 11.8. The quantitative estimate of drug-likeness (QED) is 0.749. The summed E-state index contributed by atoms with van der Waals surface area (Å²) >= 11 is 6.01. The van der Waals surface area contributed by atoms with Crippen molar-refractivity contribution in [1.29, 1.82) is 0 Å². The van der Waals surface area contributed by atoms with Crippen LogP contribution in [0.4, 0.5) is 4.79 Å². The number of carbonyl (C=O) groups excluding carboxylic acids is 1. The van der Waals surface area contributed by atoms with Crippen LogP contribution < -0.4 is 5.32 Å². The van der Waals surface area contributed by atoms with Crippen molar-refractivity contribution in [2.24, 2.45) is 0 Å². The highest BCUT2D eigenvalue weighted by atomic mass is 35.5. The highest BCUT2D eigenvalue weighted by molar-refractivity contribution is 6.31. The number of hydrogen-bond donors (Lipinski definition) is 2. The summed E-state index contributed by atoms with van der Waals surface area (Å²) in [4.78, 5) is 23.4. The number of carboxylic acid groups (broad SMARTS) is 1. The Kier molecular flexibility index (Phi) is 6.83. The number of carboxylic acids is 1. The van der Waals surface area contributed by atoms with Crippen LogP contribution in [-0.2, 0) is 16.1 Å². The summed E-state index contributed by atoms with van der Waals surface area (Å²) in [6.07, 6.45) is 0. The van der Waals surface area contributed by atoms with E-state index >= 15 is 0 Å². The first-order chi connectivity index (χ1) is 9.50. The maximum Gasteiger partial charge on any atom is 0.329 e. The summed E-state index contributed by atoms with van der Waals surface area (Å²) in [5.41, 5.74) is 0.856. The summed E-state index contributed by atoms with van der Waals surface area (Å²) in [5.74, 6) is -1.04. The SMILES string of the molecule is CN(Cc1ccccc1Cl)C(=O)NCCOCC(=O)O. The zero-order valence-electron chi connectivity index (χ0n) is 11.1. The molecule has 0 unspecified atom stereocenters. The fourth-order valence-electron chi connectivity index (χ4n) is 1.48. The largest absolute Gasteiger partial charge is 0.480 e. The molecule has 2 N–H and O–H groups in total. The monoisotopic (exact) mass is 300 g/mol. The third kappa shape index (κ3) is 5.90. The average molecular weight is 301 g/mol. The predicted octanol–water partition coefficient (Wildman–Crippen LogP) is 1.58. The number of urea groups is 1. The molecule has 0 fully saturated rings. The van der Waals surface area contributed by atoms with E-state index in [4.69, 9.17) is 21.4 Å². The zero-order chi connectivity index (χ0) is 15.0. The molecule has 0 atom stereocenters. The fraction of sp³-hybridized carbons (Fsp3) is 0.385. The topological polar surface area (TPSA) is 78.9 Å². The van der Waals surface area contributed by atoms with Crippen LogP contribution in [0, 0.1) is 0 Å². The molecule has 0 bridgehead atoms. The molecule has 110 valence electrons. The summed E-state index contributed by atoms with van der Waals surface area (Å²) in [5, 5.41) is 11.6. The molecule has 0 aliphatic heterocycles. The molecule has 1 rings (SSSR count). The van der Waals surface area contributed by atoms with Gasteiger partial charge in [0.15, 0.2) is 0 Å². The third-order valence-corrected chi connectivity index (χ3v) is 2.83. The molecule has 0 saturated carbocycles. The van der Waals surface area contributed by atoms with E-state index in [-0.39, 0.29) is 25.8 Å². The van der Waals surface area contributed by atoms with Gasteiger partial charge in [0, 0.05) is 25.2 Å². The Morgan fingerprint density at radius 1 is 1.40 bits per heavy atom. The van der Waals surface area contributed by atoms with Gasteiger partial charge in [-0.2, -0.15) is 0 Å². The van der Waals surface area contributed by atoms with Gasteiger partial charge in [-0.25, -0.2) is 9.59 Å². The molecule has 7 heteroatoms. The minimum atomic E-state index is -1.04. The molecule has 0 radical (unpaired) electrons. The van der Waals surface area contributed by atoms with Crippen molar-refractivity contribution in [3.63, 3.8) is 0 Å². The smallest absolute Gasteiger partial charge is 0.329 e. The molecule has 1 aromatic carbocycles. The minimum Gasteiger partial charge on any atom is -0.480 e. The number of nitrogens with one attached hydrogen (secondary N) is 1. The lowest BCUT2D eigenvalue weighted by atomic mass is 10.2. The van der Waals surface area contributed by atoms with Gasteiger partial charge in [0.2, 0.25) is 0 Å². The van der Waals surface area contributed by atoms with Crippen molar-refractivity contribution in [1.82, 2.24) is 10.2 Å². The summed E-state index contributed by atoms with van der Waals surface area (Å²) in [6, 6.07) is 7.02. The van der Waals surface area contributed by atoms with E-state index in [2.05, 4.69) is 5.32 Å². The van der Waals surface area contributed by atoms with Crippen molar-refractivity contribution in [2.45, 2.75) is 6.54 Å². The molecule has 0 spiro atoms. The second kappa shape index (κ2) is 8.39. The molecular weight excluding hydrogens is 284 g/mol. The van der Waals surface area contributed by atoms with Crippen LogP contribution in [0.5, 0.6) is 0 Å². The second-order valence-corrected chi connectivity index (χ2v) is 4.53. The number of carbonyl (C=O) groups is 2. The van der Waals surface area contributed by atoms with E-state index in [1.165, 1.54) is 4.90 Å². The summed E-state index contributed by atoms with van der Waals surface area (Å²) in [6.45, 7) is 0.420. The number of amides is 2. The Morgan fingerprint density at radius 3 is 2.75 bits per heavy atom. The lowest BCUT2D eigenvalue weighted by molar-refractivity contribution is -0.142. The molecule has 2 amide bonds. The van der Waals surface area contributed by atoms with Gasteiger partial charge >= 0.3 is 12.0 Å². The fourth-order valence-corrected chi connectivity index (χ4v) is 1.67. The van der Waals surface area contributed by atoms with Gasteiger partial charge in [-0.3, -0.25) is 0 Å². The van der Waals surface area contributed by atoms with Crippen molar-refractivity contribution in [3.8, 4) is 0 Å². The Morgan fingerprint density at radius 2 is 2.10 bits per heavy atom. The number of nitrogens with zero attached hydrogens (tertiary/aromatic N) is 1. The normalized spacial score (nSPS) is 10.1. The number of benzene rings is 1. The van der Waals surface area contributed by atoms with Crippen LogP contribution in [0.1, 0.15) is 5.56 Å². The van der Waals surface area contributed by atoms with Crippen LogP contribution in [0.2, 0.25) is 5.02 Å². The number of aliphatic carboxylic acids is 1. The second-order valence-electron chi connectivity index (χ2n) is 4.13. The van der Waals surface area contributed by atoms with Gasteiger partial charge in [0.1, 0.15) is 6.61 Å². The van der Waals surface area contributed by atoms with Crippen molar-refractivity contribution >= 4 is 23.6 Å². The van der Waals surface area contributed by atoms with Gasteiger partial charge in [-0.15, -0.1) is 0 Å². The van der Waals surface area contributed by atoms with Crippen molar-refractivity contribution in [2.75, 3.05) is 26.8 Å². The van der Waals surface area contributed by atoms with Gasteiger partial charge < -0.3 is 20.1 Å². The van der Waals surface area contributed by atoms with Crippen LogP contribution >= 0.6 is 11.6 Å².